The first-order chi connectivity index (χ1) is 7.08. The van der Waals surface area contributed by atoms with Crippen LogP contribution in [0.5, 0.6) is 0 Å². The van der Waals surface area contributed by atoms with Crippen molar-refractivity contribution in [1.82, 2.24) is 20.3 Å². The third-order valence-electron chi connectivity index (χ3n) is 2.35. The summed E-state index contributed by atoms with van der Waals surface area (Å²) in [6, 6.07) is 0. The number of hydrogen-bond acceptors (Lipinski definition) is 4. The van der Waals surface area contributed by atoms with Gasteiger partial charge in [0.2, 0.25) is 0 Å². The van der Waals surface area contributed by atoms with Crippen molar-refractivity contribution in [1.29, 1.82) is 0 Å². The van der Waals surface area contributed by atoms with Gasteiger partial charge < -0.3 is 9.64 Å². The molecule has 2 heterocycles. The van der Waals surface area contributed by atoms with Crippen molar-refractivity contribution in [3.63, 3.8) is 0 Å². The smallest absolute Gasteiger partial charge is 0.276 e. The van der Waals surface area contributed by atoms with E-state index in [1.807, 2.05) is 13.8 Å². The molecule has 0 saturated carbocycles. The van der Waals surface area contributed by atoms with E-state index in [-0.39, 0.29) is 11.5 Å². The Morgan fingerprint density at radius 3 is 3.07 bits per heavy atom. The first kappa shape index (κ1) is 10.1. The van der Waals surface area contributed by atoms with Gasteiger partial charge in [0.1, 0.15) is 0 Å². The van der Waals surface area contributed by atoms with Gasteiger partial charge in [-0.25, -0.2) is 0 Å². The van der Waals surface area contributed by atoms with Gasteiger partial charge in [0.25, 0.3) is 5.91 Å². The predicted octanol–water partition coefficient (Wildman–Crippen LogP) is 0.0557. The predicted molar refractivity (Wildman–Crippen MR) is 52.3 cm³/mol. The lowest BCUT2D eigenvalue weighted by molar-refractivity contribution is -0.0765. The third kappa shape index (κ3) is 2.15. The Morgan fingerprint density at radius 2 is 2.47 bits per heavy atom. The number of ether oxygens (including phenoxy) is 1. The number of carbonyl (C=O) groups is 1. The van der Waals surface area contributed by atoms with Crippen molar-refractivity contribution >= 4 is 5.91 Å². The third-order valence-corrected chi connectivity index (χ3v) is 2.35. The number of nitrogens with zero attached hydrogens (tertiary/aromatic N) is 3. The quantitative estimate of drug-likeness (QED) is 0.711. The number of hydrogen-bond donors (Lipinski definition) is 1. The number of morpholine rings is 1. The molecule has 1 aliphatic heterocycles. The maximum Gasteiger partial charge on any atom is 0.276 e. The number of carbonyl (C=O) groups excluding carboxylic acids is 1. The molecule has 15 heavy (non-hydrogen) atoms. The lowest BCUT2D eigenvalue weighted by Crippen LogP contribution is -2.50. The van der Waals surface area contributed by atoms with E-state index in [9.17, 15) is 4.79 Å². The lowest BCUT2D eigenvalue weighted by Gasteiger charge is -2.37. The van der Waals surface area contributed by atoms with Crippen molar-refractivity contribution < 1.29 is 9.53 Å². The average molecular weight is 210 g/mol. The summed E-state index contributed by atoms with van der Waals surface area (Å²) < 4.78 is 5.53. The van der Waals surface area contributed by atoms with Crippen molar-refractivity contribution in [2.75, 3.05) is 19.7 Å². The van der Waals surface area contributed by atoms with Gasteiger partial charge in [-0.2, -0.15) is 15.4 Å². The van der Waals surface area contributed by atoms with E-state index < -0.39 is 0 Å². The first-order valence-corrected chi connectivity index (χ1v) is 4.87. The molecule has 0 bridgehead atoms. The van der Waals surface area contributed by atoms with Crippen LogP contribution in [0, 0.1) is 0 Å². The topological polar surface area (TPSA) is 71.1 Å². The van der Waals surface area contributed by atoms with Crippen LogP contribution >= 0.6 is 0 Å². The van der Waals surface area contributed by atoms with Crippen LogP contribution in [0.25, 0.3) is 0 Å². The normalized spacial score (nSPS) is 20.3. The van der Waals surface area contributed by atoms with E-state index >= 15 is 0 Å². The van der Waals surface area contributed by atoms with Crippen LogP contribution in [0.4, 0.5) is 0 Å². The number of nitrogens with one attached hydrogen (secondary N) is 1. The van der Waals surface area contributed by atoms with Gasteiger partial charge in [-0.05, 0) is 13.8 Å². The Bertz CT molecular complexity index is 347. The molecule has 0 unspecified atom stereocenters. The van der Waals surface area contributed by atoms with Crippen LogP contribution in [0.3, 0.4) is 0 Å². The monoisotopic (exact) mass is 210 g/mol. The highest BCUT2D eigenvalue weighted by molar-refractivity contribution is 5.92. The lowest BCUT2D eigenvalue weighted by atomic mass is 10.1. The molecule has 1 aromatic rings. The molecule has 1 fully saturated rings. The standard InChI is InChI=1S/C9H14N4O2/c1-9(2)6-13(3-4-15-9)8(14)7-5-10-12-11-7/h5H,3-4,6H2,1-2H3,(H,10,11,12). The van der Waals surface area contributed by atoms with Gasteiger partial charge >= 0.3 is 0 Å². The fourth-order valence-electron chi connectivity index (χ4n) is 1.66. The number of amides is 1. The van der Waals surface area contributed by atoms with Crippen LogP contribution in [-0.2, 0) is 4.74 Å². The molecule has 0 spiro atoms. The highest BCUT2D eigenvalue weighted by Crippen LogP contribution is 2.17. The van der Waals surface area contributed by atoms with Crippen LogP contribution in [0.2, 0.25) is 0 Å². The Kier molecular flexibility index (Phi) is 2.44. The van der Waals surface area contributed by atoms with Crippen LogP contribution in [0.15, 0.2) is 6.20 Å². The Hall–Kier alpha value is -1.43. The van der Waals surface area contributed by atoms with Crippen molar-refractivity contribution in [3.8, 4) is 0 Å². The summed E-state index contributed by atoms with van der Waals surface area (Å²) in [7, 11) is 0. The van der Waals surface area contributed by atoms with Crippen LogP contribution in [0.1, 0.15) is 24.3 Å². The SMILES string of the molecule is CC1(C)CN(C(=O)c2cn[nH]n2)CCO1. The zero-order valence-electron chi connectivity index (χ0n) is 8.86. The van der Waals surface area contributed by atoms with E-state index in [0.29, 0.717) is 25.4 Å². The van der Waals surface area contributed by atoms with Gasteiger partial charge in [-0.3, -0.25) is 4.79 Å². The van der Waals surface area contributed by atoms with Gasteiger partial charge in [0.05, 0.1) is 18.4 Å². The zero-order valence-corrected chi connectivity index (χ0v) is 8.86. The first-order valence-electron chi connectivity index (χ1n) is 4.87. The van der Waals surface area contributed by atoms with E-state index in [1.165, 1.54) is 6.20 Å². The summed E-state index contributed by atoms with van der Waals surface area (Å²) in [5.41, 5.74) is 0.0742. The molecule has 6 heteroatoms. The van der Waals surface area contributed by atoms with Gasteiger partial charge in [-0.1, -0.05) is 0 Å². The molecule has 2 rings (SSSR count). The molecule has 82 valence electrons. The molecule has 1 N–H and O–H groups in total. The molecule has 1 amide bonds. The van der Waals surface area contributed by atoms with Gasteiger partial charge in [0.15, 0.2) is 5.69 Å². The molecule has 0 atom stereocenters. The van der Waals surface area contributed by atoms with E-state index in [0.717, 1.165) is 0 Å². The Balaban J connectivity index is 2.08. The minimum Gasteiger partial charge on any atom is -0.372 e. The molecule has 6 nitrogen and oxygen atoms in total. The highest BCUT2D eigenvalue weighted by atomic mass is 16.5. The second-order valence-corrected chi connectivity index (χ2v) is 4.19. The van der Waals surface area contributed by atoms with Crippen molar-refractivity contribution in [2.24, 2.45) is 0 Å². The Morgan fingerprint density at radius 1 is 1.67 bits per heavy atom. The average Bonchev–Trinajstić information content (AvgIpc) is 2.67. The van der Waals surface area contributed by atoms with Crippen LogP contribution < -0.4 is 0 Å². The number of H-pyrrole nitrogens is 1. The molecular weight excluding hydrogens is 196 g/mol. The van der Waals surface area contributed by atoms with Crippen molar-refractivity contribution in [3.05, 3.63) is 11.9 Å². The molecule has 1 aromatic heterocycles. The minimum absolute atomic E-state index is 0.0971. The summed E-state index contributed by atoms with van der Waals surface area (Å²) in [5, 5.41) is 9.82. The molecule has 0 aromatic carbocycles. The Labute approximate surface area is 87.6 Å². The largest absolute Gasteiger partial charge is 0.372 e. The molecule has 0 aliphatic carbocycles. The van der Waals surface area contributed by atoms with Gasteiger partial charge in [0, 0.05) is 13.1 Å². The maximum absolute atomic E-state index is 11.9. The summed E-state index contributed by atoms with van der Waals surface area (Å²) in [6.07, 6.45) is 1.44. The summed E-state index contributed by atoms with van der Waals surface area (Å²) in [5.74, 6) is -0.0971. The van der Waals surface area contributed by atoms with E-state index in [2.05, 4.69) is 15.4 Å². The summed E-state index contributed by atoms with van der Waals surface area (Å²) >= 11 is 0. The number of rotatable bonds is 1. The van der Waals surface area contributed by atoms with Gasteiger partial charge in [-0.15, -0.1) is 0 Å². The fourth-order valence-corrected chi connectivity index (χ4v) is 1.66. The molecule has 0 radical (unpaired) electrons. The highest BCUT2D eigenvalue weighted by Gasteiger charge is 2.31. The second kappa shape index (κ2) is 3.62. The second-order valence-electron chi connectivity index (χ2n) is 4.19. The molecule has 1 aliphatic rings. The van der Waals surface area contributed by atoms with Crippen LogP contribution in [-0.4, -0.2) is 51.5 Å². The molecule has 1 saturated heterocycles. The molecular formula is C9H14N4O2. The van der Waals surface area contributed by atoms with Crippen molar-refractivity contribution in [2.45, 2.75) is 19.4 Å². The maximum atomic E-state index is 11.9. The minimum atomic E-state index is -0.280. The summed E-state index contributed by atoms with van der Waals surface area (Å²) in [4.78, 5) is 13.6. The van der Waals surface area contributed by atoms with E-state index in [4.69, 9.17) is 4.74 Å². The van der Waals surface area contributed by atoms with E-state index in [1.54, 1.807) is 4.90 Å². The summed E-state index contributed by atoms with van der Waals surface area (Å²) in [6.45, 7) is 5.69. The fraction of sp³-hybridized carbons (Fsp3) is 0.667. The number of aromatic nitrogens is 3. The number of aromatic amines is 1. The zero-order chi connectivity index (χ0) is 10.9.